The molecule has 2 rings (SSSR count). The summed E-state index contributed by atoms with van der Waals surface area (Å²) in [5, 5.41) is 0. The molecule has 1 heterocycles. The van der Waals surface area contributed by atoms with Gasteiger partial charge in [-0.3, -0.25) is 0 Å². The van der Waals surface area contributed by atoms with E-state index in [1.54, 1.807) is 13.8 Å². The number of esters is 2. The summed E-state index contributed by atoms with van der Waals surface area (Å²) >= 11 is 0. The fraction of sp³-hybridized carbons (Fsp3) is 0.333. The summed E-state index contributed by atoms with van der Waals surface area (Å²) in [5.41, 5.74) is 1.69. The molecule has 90 valence electrons. The third-order valence-corrected chi connectivity index (χ3v) is 2.88. The second-order valence-electron chi connectivity index (χ2n) is 3.74. The maximum absolute atomic E-state index is 11.6. The summed E-state index contributed by atoms with van der Waals surface area (Å²) in [7, 11) is 2.94. The largest absolute Gasteiger partial charge is 0.496 e. The third-order valence-electron chi connectivity index (χ3n) is 2.88. The lowest BCUT2D eigenvalue weighted by atomic mass is 9.97. The quantitative estimate of drug-likeness (QED) is 0.577. The van der Waals surface area contributed by atoms with Crippen molar-refractivity contribution < 1.29 is 23.8 Å². The summed E-state index contributed by atoms with van der Waals surface area (Å²) < 4.78 is 15.0. The minimum Gasteiger partial charge on any atom is -0.496 e. The van der Waals surface area contributed by atoms with Crippen LogP contribution in [0.15, 0.2) is 0 Å². The molecule has 0 atom stereocenters. The second kappa shape index (κ2) is 3.76. The van der Waals surface area contributed by atoms with Crippen LogP contribution in [0.2, 0.25) is 0 Å². The molecule has 0 radical (unpaired) electrons. The normalized spacial score (nSPS) is 13.4. The number of benzene rings is 1. The highest BCUT2D eigenvalue weighted by molar-refractivity contribution is 6.17. The molecule has 0 aromatic heterocycles. The first-order chi connectivity index (χ1) is 8.02. The highest BCUT2D eigenvalue weighted by Gasteiger charge is 2.37. The van der Waals surface area contributed by atoms with Crippen LogP contribution in [0.1, 0.15) is 31.8 Å². The van der Waals surface area contributed by atoms with E-state index in [4.69, 9.17) is 9.47 Å². The first-order valence-electron chi connectivity index (χ1n) is 5.04. The van der Waals surface area contributed by atoms with Crippen LogP contribution in [0, 0.1) is 13.8 Å². The van der Waals surface area contributed by atoms with Crippen LogP contribution < -0.4 is 9.47 Å². The molecule has 0 saturated carbocycles. The average Bonchev–Trinajstić information content (AvgIpc) is 2.56. The SMILES string of the molecule is COc1c(C)c(OC)c2c(c1C)C(=O)OC2=O. The van der Waals surface area contributed by atoms with E-state index in [0.29, 0.717) is 22.6 Å². The first kappa shape index (κ1) is 11.4. The highest BCUT2D eigenvalue weighted by atomic mass is 16.6. The van der Waals surface area contributed by atoms with Gasteiger partial charge in [-0.05, 0) is 13.8 Å². The van der Waals surface area contributed by atoms with Gasteiger partial charge in [-0.25, -0.2) is 9.59 Å². The highest BCUT2D eigenvalue weighted by Crippen LogP contribution is 2.41. The van der Waals surface area contributed by atoms with Gasteiger partial charge in [0.1, 0.15) is 17.1 Å². The lowest BCUT2D eigenvalue weighted by Gasteiger charge is -2.15. The topological polar surface area (TPSA) is 61.8 Å². The zero-order chi connectivity index (χ0) is 12.7. The molecule has 0 aliphatic carbocycles. The van der Waals surface area contributed by atoms with Crippen molar-refractivity contribution in [2.24, 2.45) is 0 Å². The molecule has 1 aliphatic rings. The molecule has 1 aromatic carbocycles. The summed E-state index contributed by atoms with van der Waals surface area (Å²) in [6.07, 6.45) is 0. The molecule has 0 amide bonds. The Morgan fingerprint density at radius 1 is 0.824 bits per heavy atom. The van der Waals surface area contributed by atoms with E-state index < -0.39 is 11.9 Å². The Labute approximate surface area is 98.3 Å². The molecule has 0 saturated heterocycles. The van der Waals surface area contributed by atoms with Gasteiger partial charge in [-0.15, -0.1) is 0 Å². The average molecular weight is 236 g/mol. The number of carbonyl (C=O) groups is 2. The van der Waals surface area contributed by atoms with Gasteiger partial charge in [0.15, 0.2) is 0 Å². The predicted octanol–water partition coefficient (Wildman–Crippen LogP) is 1.63. The van der Waals surface area contributed by atoms with E-state index in [2.05, 4.69) is 4.74 Å². The Bertz CT molecular complexity index is 530. The van der Waals surface area contributed by atoms with Gasteiger partial charge in [-0.2, -0.15) is 0 Å². The fourth-order valence-corrected chi connectivity index (χ4v) is 2.18. The summed E-state index contributed by atoms with van der Waals surface area (Å²) in [5.74, 6) is -0.458. The fourth-order valence-electron chi connectivity index (χ4n) is 2.18. The van der Waals surface area contributed by atoms with E-state index in [1.807, 2.05) is 0 Å². The van der Waals surface area contributed by atoms with Gasteiger partial charge in [-0.1, -0.05) is 0 Å². The Balaban J connectivity index is 2.89. The maximum Gasteiger partial charge on any atom is 0.350 e. The van der Waals surface area contributed by atoms with Gasteiger partial charge in [0.05, 0.1) is 19.8 Å². The van der Waals surface area contributed by atoms with Crippen molar-refractivity contribution in [1.82, 2.24) is 0 Å². The zero-order valence-corrected chi connectivity index (χ0v) is 10.0. The molecular weight excluding hydrogens is 224 g/mol. The van der Waals surface area contributed by atoms with Crippen molar-refractivity contribution >= 4 is 11.9 Å². The number of hydrogen-bond acceptors (Lipinski definition) is 5. The molecule has 5 nitrogen and oxygen atoms in total. The maximum atomic E-state index is 11.6. The predicted molar refractivity (Wildman–Crippen MR) is 58.8 cm³/mol. The second-order valence-corrected chi connectivity index (χ2v) is 3.74. The number of ether oxygens (including phenoxy) is 3. The molecule has 0 N–H and O–H groups in total. The standard InChI is InChI=1S/C12H12O5/c1-5-7-8(12(14)17-11(7)13)10(16-4)6(2)9(5)15-3/h1-4H3. The molecular formula is C12H12O5. The minimum atomic E-state index is -0.671. The van der Waals surface area contributed by atoms with Crippen molar-refractivity contribution in [2.45, 2.75) is 13.8 Å². The molecule has 17 heavy (non-hydrogen) atoms. The number of rotatable bonds is 2. The van der Waals surface area contributed by atoms with Gasteiger partial charge >= 0.3 is 11.9 Å². The van der Waals surface area contributed by atoms with Crippen LogP contribution in [-0.2, 0) is 4.74 Å². The molecule has 0 spiro atoms. The molecule has 0 unspecified atom stereocenters. The summed E-state index contributed by atoms with van der Waals surface area (Å²) in [6, 6.07) is 0. The zero-order valence-electron chi connectivity index (χ0n) is 10.0. The van der Waals surface area contributed by atoms with Gasteiger partial charge in [0.25, 0.3) is 0 Å². The van der Waals surface area contributed by atoms with Crippen LogP contribution in [0.25, 0.3) is 0 Å². The Morgan fingerprint density at radius 3 is 1.88 bits per heavy atom. The Morgan fingerprint density at radius 2 is 1.35 bits per heavy atom. The monoisotopic (exact) mass is 236 g/mol. The van der Waals surface area contributed by atoms with Crippen molar-refractivity contribution in [3.63, 3.8) is 0 Å². The van der Waals surface area contributed by atoms with Gasteiger partial charge < -0.3 is 14.2 Å². The van der Waals surface area contributed by atoms with Crippen LogP contribution in [0.5, 0.6) is 11.5 Å². The van der Waals surface area contributed by atoms with E-state index in [1.165, 1.54) is 14.2 Å². The lowest BCUT2D eigenvalue weighted by molar-refractivity contribution is 0.0442. The van der Waals surface area contributed by atoms with Gasteiger partial charge in [0, 0.05) is 11.1 Å². The third kappa shape index (κ3) is 1.39. The molecule has 5 heteroatoms. The number of fused-ring (bicyclic) bond motifs is 1. The van der Waals surface area contributed by atoms with Gasteiger partial charge in [0.2, 0.25) is 0 Å². The van der Waals surface area contributed by atoms with Crippen LogP contribution in [-0.4, -0.2) is 26.2 Å². The number of methoxy groups -OCH3 is 2. The first-order valence-corrected chi connectivity index (χ1v) is 5.04. The number of cyclic esters (lactones) is 2. The minimum absolute atomic E-state index is 0.188. The van der Waals surface area contributed by atoms with E-state index in [-0.39, 0.29) is 11.1 Å². The van der Waals surface area contributed by atoms with Crippen LogP contribution in [0.4, 0.5) is 0 Å². The number of carbonyl (C=O) groups excluding carboxylic acids is 2. The van der Waals surface area contributed by atoms with E-state index >= 15 is 0 Å². The van der Waals surface area contributed by atoms with Crippen molar-refractivity contribution in [1.29, 1.82) is 0 Å². The molecule has 0 fully saturated rings. The lowest BCUT2D eigenvalue weighted by Crippen LogP contribution is -2.05. The van der Waals surface area contributed by atoms with Crippen molar-refractivity contribution in [3.05, 3.63) is 22.3 Å². The molecule has 1 aliphatic heterocycles. The summed E-state index contributed by atoms with van der Waals surface area (Å²) in [4.78, 5) is 23.2. The van der Waals surface area contributed by atoms with E-state index in [9.17, 15) is 9.59 Å². The van der Waals surface area contributed by atoms with Crippen LogP contribution >= 0.6 is 0 Å². The van der Waals surface area contributed by atoms with Crippen molar-refractivity contribution in [2.75, 3.05) is 14.2 Å². The van der Waals surface area contributed by atoms with Crippen molar-refractivity contribution in [3.8, 4) is 11.5 Å². The summed E-state index contributed by atoms with van der Waals surface area (Å²) in [6.45, 7) is 3.48. The van der Waals surface area contributed by atoms with Crippen LogP contribution in [0.3, 0.4) is 0 Å². The Hall–Kier alpha value is -2.04. The molecule has 1 aromatic rings. The molecule has 0 bridgehead atoms. The van der Waals surface area contributed by atoms with E-state index in [0.717, 1.165) is 0 Å². The number of hydrogen-bond donors (Lipinski definition) is 0. The Kier molecular flexibility index (Phi) is 2.53. The smallest absolute Gasteiger partial charge is 0.350 e.